The number of rotatable bonds is 5. The van der Waals surface area contributed by atoms with Crippen LogP contribution in [0.25, 0.3) is 5.57 Å². The molecule has 0 N–H and O–H groups in total. The molecular formula is C53H64Cl2Zr. The normalized spacial score (nSPS) is 29.0. The van der Waals surface area contributed by atoms with Crippen LogP contribution in [0.2, 0.25) is 13.2 Å². The Labute approximate surface area is 349 Å². The second-order valence-corrected chi connectivity index (χ2v) is 36.0. The summed E-state index contributed by atoms with van der Waals surface area (Å²) in [7, 11) is 0. The third-order valence-corrected chi connectivity index (χ3v) is 38.7. The van der Waals surface area contributed by atoms with Crippen molar-refractivity contribution in [3.05, 3.63) is 144 Å². The van der Waals surface area contributed by atoms with Crippen LogP contribution in [0.1, 0.15) is 113 Å². The molecule has 0 saturated heterocycles. The average molecular weight is 863 g/mol. The van der Waals surface area contributed by atoms with E-state index in [0.29, 0.717) is 5.92 Å². The monoisotopic (exact) mass is 860 g/mol. The van der Waals surface area contributed by atoms with Crippen molar-refractivity contribution in [1.29, 1.82) is 0 Å². The molecule has 0 aromatic heterocycles. The summed E-state index contributed by atoms with van der Waals surface area (Å²) in [4.78, 5) is 0. The van der Waals surface area contributed by atoms with Gasteiger partial charge in [-0.3, -0.25) is 0 Å². The number of benzene rings is 3. The van der Waals surface area contributed by atoms with Gasteiger partial charge in [-0.05, 0) is 0 Å². The standard InChI is InChI=1S/C29H37.C11H17.2C6H4Cl.CH2.Zr/c1-18-25-22-17-19-13-9-10-14-20(19)24(22)21-15-11-12-16-23(21)29(25,8)28(6,7)27(4,5)26(18,2)3;1-5-9-6-7-10(8-9)11(2,3)4;2*7-6-4-2-1-3-5-6;;/h9-11,13-15,23H,12,16-17H2,1-8H3;7-9H,5H2,1-4H3;2*2-5H;1H2;. The van der Waals surface area contributed by atoms with Crippen LogP contribution in [-0.2, 0) is 24.7 Å². The zero-order valence-corrected chi connectivity index (χ0v) is 40.2. The molecule has 3 heteroatoms. The van der Waals surface area contributed by atoms with E-state index in [9.17, 15) is 0 Å². The van der Waals surface area contributed by atoms with Gasteiger partial charge in [-0.25, -0.2) is 0 Å². The van der Waals surface area contributed by atoms with Gasteiger partial charge in [0.15, 0.2) is 0 Å². The zero-order chi connectivity index (χ0) is 40.7. The van der Waals surface area contributed by atoms with Gasteiger partial charge in [-0.15, -0.1) is 0 Å². The molecule has 0 radical (unpaired) electrons. The number of fused-ring (bicyclic) bond motifs is 6. The minimum absolute atomic E-state index is 0.0130. The van der Waals surface area contributed by atoms with Crippen molar-refractivity contribution in [2.75, 3.05) is 0 Å². The second kappa shape index (κ2) is 12.6. The van der Waals surface area contributed by atoms with E-state index in [1.165, 1.54) is 28.8 Å². The fourth-order valence-corrected chi connectivity index (χ4v) is 35.7. The van der Waals surface area contributed by atoms with Gasteiger partial charge in [0.05, 0.1) is 0 Å². The van der Waals surface area contributed by atoms with Crippen molar-refractivity contribution in [2.24, 2.45) is 38.9 Å². The number of halogens is 2. The topological polar surface area (TPSA) is 0 Å². The molecule has 0 spiro atoms. The fourth-order valence-electron chi connectivity index (χ4n) is 13.9. The van der Waals surface area contributed by atoms with Gasteiger partial charge < -0.3 is 0 Å². The Morgan fingerprint density at radius 3 is 1.89 bits per heavy atom. The van der Waals surface area contributed by atoms with Crippen molar-refractivity contribution in [1.82, 2.24) is 0 Å². The molecule has 5 aliphatic rings. The van der Waals surface area contributed by atoms with Crippen LogP contribution in [0.5, 0.6) is 0 Å². The van der Waals surface area contributed by atoms with Crippen molar-refractivity contribution in [2.45, 2.75) is 112 Å². The molecule has 5 aliphatic carbocycles. The summed E-state index contributed by atoms with van der Waals surface area (Å²) < 4.78 is 10.2. The van der Waals surface area contributed by atoms with Gasteiger partial charge in [0.2, 0.25) is 0 Å². The molecular weight excluding hydrogens is 799 g/mol. The zero-order valence-electron chi connectivity index (χ0n) is 36.2. The molecule has 3 aromatic rings. The predicted octanol–water partition coefficient (Wildman–Crippen LogP) is 14.5. The van der Waals surface area contributed by atoms with Gasteiger partial charge in [-0.2, -0.15) is 0 Å². The Morgan fingerprint density at radius 1 is 0.768 bits per heavy atom. The molecule has 1 fully saturated rings. The van der Waals surface area contributed by atoms with Crippen LogP contribution in [0.3, 0.4) is 0 Å². The third-order valence-electron chi connectivity index (χ3n) is 18.3. The molecule has 0 nitrogen and oxygen atoms in total. The van der Waals surface area contributed by atoms with Crippen LogP contribution < -0.4 is 6.54 Å². The molecule has 0 aliphatic heterocycles. The molecule has 8 rings (SSSR count). The maximum absolute atomic E-state index is 6.90. The summed E-state index contributed by atoms with van der Waals surface area (Å²) in [5, 5.41) is 1.53. The molecule has 4 atom stereocenters. The predicted molar refractivity (Wildman–Crippen MR) is 242 cm³/mol. The molecule has 294 valence electrons. The van der Waals surface area contributed by atoms with E-state index in [0.717, 1.165) is 35.7 Å². The van der Waals surface area contributed by atoms with Gasteiger partial charge in [0.25, 0.3) is 0 Å². The molecule has 4 unspecified atom stereocenters. The molecule has 56 heavy (non-hydrogen) atoms. The van der Waals surface area contributed by atoms with Crippen LogP contribution in [0.4, 0.5) is 0 Å². The van der Waals surface area contributed by atoms with E-state index in [1.807, 2.05) is 0 Å². The van der Waals surface area contributed by atoms with Crippen LogP contribution in [0, 0.1) is 38.9 Å². The SMILES string of the molecule is [CH2]=[Zr]([C]1=CC(C(C)(C)C)=CC1CC)([c]1ccc(Cl)cc1)([c]1ccc(Cl)cc1)[C]1(C)C2=C3Cc4ccccc4C3=C3C=CCCC3C2(C)C(C)(C)C(C)(C)C1(C)C. The summed E-state index contributed by atoms with van der Waals surface area (Å²) in [5.41, 5.74) is 10.0. The van der Waals surface area contributed by atoms with Gasteiger partial charge in [-0.1, -0.05) is 0 Å². The van der Waals surface area contributed by atoms with Crippen molar-refractivity contribution in [3.63, 3.8) is 0 Å². The number of allylic oxidation sites excluding steroid dienone is 10. The summed E-state index contributed by atoms with van der Waals surface area (Å²) in [6.07, 6.45) is 14.5. The average Bonchev–Trinajstić information content (AvgIpc) is 3.78. The second-order valence-electron chi connectivity index (χ2n) is 21.2. The van der Waals surface area contributed by atoms with Gasteiger partial charge >= 0.3 is 352 Å². The van der Waals surface area contributed by atoms with E-state index < -0.39 is 21.4 Å². The number of hydrogen-bond donors (Lipinski definition) is 0. The first-order chi connectivity index (χ1) is 26.1. The van der Waals surface area contributed by atoms with Crippen LogP contribution in [0.15, 0.2) is 123 Å². The Hall–Kier alpha value is -2.31. The maximum atomic E-state index is 6.90. The van der Waals surface area contributed by atoms with E-state index in [4.69, 9.17) is 27.4 Å². The Morgan fingerprint density at radius 2 is 1.34 bits per heavy atom. The van der Waals surface area contributed by atoms with E-state index >= 15 is 0 Å². The van der Waals surface area contributed by atoms with E-state index in [2.05, 4.69) is 180 Å². The summed E-state index contributed by atoms with van der Waals surface area (Å²) in [5.74, 6) is 0.636. The molecule has 0 bridgehead atoms. The summed E-state index contributed by atoms with van der Waals surface area (Å²) in [6.45, 7) is 30.9. The third kappa shape index (κ3) is 4.61. The molecule has 1 saturated carbocycles. The van der Waals surface area contributed by atoms with Crippen LogP contribution in [-0.4, -0.2) is 4.21 Å². The Kier molecular flexibility index (Phi) is 9.11. The first-order valence-electron chi connectivity index (χ1n) is 21.3. The van der Waals surface area contributed by atoms with E-state index in [1.54, 1.807) is 20.0 Å². The first kappa shape index (κ1) is 40.5. The number of hydrogen-bond acceptors (Lipinski definition) is 0. The molecule has 0 heterocycles. The summed E-state index contributed by atoms with van der Waals surface area (Å²) >= 11 is 8.29. The quantitative estimate of drug-likeness (QED) is 0.240. The van der Waals surface area contributed by atoms with Crippen molar-refractivity contribution < 1.29 is 18.3 Å². The minimum atomic E-state index is -5.52. The first-order valence-corrected chi connectivity index (χ1v) is 28.7. The Balaban J connectivity index is 1.69. The van der Waals surface area contributed by atoms with E-state index in [-0.39, 0.29) is 33.0 Å². The Bertz CT molecular complexity index is 2330. The van der Waals surface area contributed by atoms with Gasteiger partial charge in [0.1, 0.15) is 0 Å². The van der Waals surface area contributed by atoms with Gasteiger partial charge in [0, 0.05) is 0 Å². The molecule has 3 aromatic carbocycles. The fraction of sp³-hybridized carbons (Fsp3) is 0.453. The summed E-state index contributed by atoms with van der Waals surface area (Å²) in [6, 6.07) is 27.6. The van der Waals surface area contributed by atoms with Crippen molar-refractivity contribution in [3.8, 4) is 0 Å². The van der Waals surface area contributed by atoms with Crippen LogP contribution >= 0.6 is 23.2 Å². The molecule has 0 amide bonds. The van der Waals surface area contributed by atoms with Crippen molar-refractivity contribution >= 4 is 39.5 Å².